The molecule has 3 atom stereocenters. The molecule has 0 aliphatic carbocycles. The van der Waals surface area contributed by atoms with Crippen LogP contribution in [0.4, 0.5) is 5.69 Å². The maximum absolute atomic E-state index is 13.4. The van der Waals surface area contributed by atoms with Crippen LogP contribution in [0.5, 0.6) is 11.5 Å². The number of hydrogen-bond acceptors (Lipinski definition) is 6. The second-order valence-corrected chi connectivity index (χ2v) is 10.0. The van der Waals surface area contributed by atoms with Crippen molar-refractivity contribution < 1.29 is 19.2 Å². The Morgan fingerprint density at radius 2 is 1.86 bits per heavy atom. The number of halogens is 2. The van der Waals surface area contributed by atoms with Crippen LogP contribution in [0.2, 0.25) is 10.0 Å². The number of nitrogens with zero attached hydrogens (tertiary/aromatic N) is 2. The number of anilines is 1. The summed E-state index contributed by atoms with van der Waals surface area (Å²) in [5.41, 5.74) is 1.25. The van der Waals surface area contributed by atoms with Crippen molar-refractivity contribution in [3.63, 3.8) is 0 Å². The molecular weight excluding hydrogens is 517 g/mol. The molecule has 1 saturated heterocycles. The first kappa shape index (κ1) is 25.3. The minimum atomic E-state index is -1.44. The third-order valence-electron chi connectivity index (χ3n) is 7.10. The third kappa shape index (κ3) is 4.19. The van der Waals surface area contributed by atoms with Gasteiger partial charge in [-0.05, 0) is 55.4 Å². The molecule has 0 aromatic heterocycles. The molecular formula is C27H25Cl2N3O5. The predicted molar refractivity (Wildman–Crippen MR) is 141 cm³/mol. The van der Waals surface area contributed by atoms with Gasteiger partial charge >= 0.3 is 0 Å². The number of carbonyl (C=O) groups excluding carboxylic acids is 1. The molecule has 0 radical (unpaired) electrons. The zero-order valence-corrected chi connectivity index (χ0v) is 21.8. The average Bonchev–Trinajstić information content (AvgIpc) is 3.34. The highest BCUT2D eigenvalue weighted by Gasteiger charge is 2.68. The molecule has 2 heterocycles. The molecule has 37 heavy (non-hydrogen) atoms. The summed E-state index contributed by atoms with van der Waals surface area (Å²) in [6, 6.07) is 16.5. The van der Waals surface area contributed by atoms with Gasteiger partial charge in [-0.1, -0.05) is 53.5 Å². The fourth-order valence-corrected chi connectivity index (χ4v) is 5.92. The van der Waals surface area contributed by atoms with Crippen molar-refractivity contribution in [2.24, 2.45) is 0 Å². The maximum atomic E-state index is 13.4. The number of ether oxygens (including phenoxy) is 2. The van der Waals surface area contributed by atoms with Crippen LogP contribution in [0.1, 0.15) is 29.5 Å². The van der Waals surface area contributed by atoms with Gasteiger partial charge in [0.1, 0.15) is 6.61 Å². The van der Waals surface area contributed by atoms with Gasteiger partial charge in [0.15, 0.2) is 17.0 Å². The zero-order chi connectivity index (χ0) is 26.3. The predicted octanol–water partition coefficient (Wildman–Crippen LogP) is 5.49. The number of carbonyl (C=O) groups is 1. The van der Waals surface area contributed by atoms with Gasteiger partial charge in [-0.2, -0.15) is 0 Å². The Morgan fingerprint density at radius 3 is 2.57 bits per heavy atom. The Kier molecular flexibility index (Phi) is 6.74. The summed E-state index contributed by atoms with van der Waals surface area (Å²) in [6.45, 7) is 2.70. The van der Waals surface area contributed by atoms with Crippen LogP contribution in [-0.2, 0) is 16.9 Å². The van der Waals surface area contributed by atoms with Crippen molar-refractivity contribution in [2.75, 3.05) is 25.5 Å². The summed E-state index contributed by atoms with van der Waals surface area (Å²) in [5, 5.41) is 16.3. The van der Waals surface area contributed by atoms with E-state index >= 15 is 0 Å². The van der Waals surface area contributed by atoms with E-state index in [4.69, 9.17) is 32.7 Å². The minimum Gasteiger partial charge on any atom is -0.490 e. The van der Waals surface area contributed by atoms with Crippen molar-refractivity contribution in [2.45, 2.75) is 31.0 Å². The van der Waals surface area contributed by atoms with Crippen LogP contribution in [0.15, 0.2) is 60.7 Å². The monoisotopic (exact) mass is 541 g/mol. The molecule has 0 saturated carbocycles. The topological polar surface area (TPSA) is 93.9 Å². The molecule has 192 valence electrons. The molecule has 0 unspecified atom stereocenters. The largest absolute Gasteiger partial charge is 0.490 e. The lowest BCUT2D eigenvalue weighted by molar-refractivity contribution is -0.534. The Bertz CT molecular complexity index is 1370. The molecule has 2 aliphatic rings. The number of likely N-dealkylation sites (tertiary alicyclic amines) is 1. The molecule has 1 spiro atoms. The van der Waals surface area contributed by atoms with E-state index in [1.165, 1.54) is 0 Å². The number of fused-ring (bicyclic) bond motifs is 2. The van der Waals surface area contributed by atoms with Crippen LogP contribution in [-0.4, -0.2) is 42.0 Å². The van der Waals surface area contributed by atoms with Crippen molar-refractivity contribution >= 4 is 34.8 Å². The van der Waals surface area contributed by atoms with E-state index in [9.17, 15) is 14.9 Å². The minimum absolute atomic E-state index is 0.236. The van der Waals surface area contributed by atoms with E-state index < -0.39 is 23.4 Å². The van der Waals surface area contributed by atoms with Gasteiger partial charge in [-0.3, -0.25) is 19.8 Å². The average molecular weight is 542 g/mol. The zero-order valence-electron chi connectivity index (χ0n) is 20.2. The molecule has 1 amide bonds. The standard InChI is InChI=1S/C27H25Cl2N3O5/c1-3-36-23-13-17(12-21(29)24(23)37-15-16-8-10-18(28)11-9-16)19-14-31(2)27(25(19)32(34)35)20-6-4-5-7-22(20)30-26(27)33/h4-13,19,25H,3,14-15H2,1-2H3,(H,30,33)/t19-,25+,27+/m0/s1. The Hall–Kier alpha value is -3.33. The lowest BCUT2D eigenvalue weighted by Crippen LogP contribution is -2.54. The van der Waals surface area contributed by atoms with Crippen molar-refractivity contribution in [1.82, 2.24) is 4.90 Å². The normalized spacial score (nSPS) is 22.6. The number of nitrogens with one attached hydrogen (secondary N) is 1. The second kappa shape index (κ2) is 9.85. The van der Waals surface area contributed by atoms with Crippen LogP contribution >= 0.6 is 23.2 Å². The number of amides is 1. The van der Waals surface area contributed by atoms with Crippen molar-refractivity contribution in [1.29, 1.82) is 0 Å². The summed E-state index contributed by atoms with van der Waals surface area (Å²) < 4.78 is 11.9. The van der Waals surface area contributed by atoms with Crippen LogP contribution in [0, 0.1) is 10.1 Å². The maximum Gasteiger partial charge on any atom is 0.256 e. The second-order valence-electron chi connectivity index (χ2n) is 9.16. The van der Waals surface area contributed by atoms with Gasteiger partial charge in [0.25, 0.3) is 11.9 Å². The van der Waals surface area contributed by atoms with Crippen LogP contribution in [0.25, 0.3) is 0 Å². The third-order valence-corrected chi connectivity index (χ3v) is 7.63. The molecule has 5 rings (SSSR count). The first-order chi connectivity index (χ1) is 17.8. The Labute approximate surface area is 224 Å². The number of benzene rings is 3. The highest BCUT2D eigenvalue weighted by Crippen LogP contribution is 2.53. The number of rotatable bonds is 7. The molecule has 1 fully saturated rings. The lowest BCUT2D eigenvalue weighted by atomic mass is 9.79. The molecule has 8 nitrogen and oxygen atoms in total. The lowest BCUT2D eigenvalue weighted by Gasteiger charge is -2.30. The molecule has 1 N–H and O–H groups in total. The first-order valence-corrected chi connectivity index (χ1v) is 12.6. The molecule has 0 bridgehead atoms. The molecule has 3 aromatic rings. The first-order valence-electron chi connectivity index (χ1n) is 11.9. The summed E-state index contributed by atoms with van der Waals surface area (Å²) >= 11 is 12.6. The quantitative estimate of drug-likeness (QED) is 0.314. The number of likely N-dealkylation sites (N-methyl/N-ethyl adjacent to an activating group) is 1. The molecule has 10 heteroatoms. The van der Waals surface area contributed by atoms with Gasteiger partial charge in [0.05, 0.1) is 17.5 Å². The SMILES string of the molecule is CCOc1cc([C@@H]2CN(C)[C@@]3(C(=O)Nc4ccccc43)[C@@H]2[N+](=O)[O-])cc(Cl)c1OCc1ccc(Cl)cc1. The van der Waals surface area contributed by atoms with Crippen LogP contribution in [0.3, 0.4) is 0 Å². The van der Waals surface area contributed by atoms with Crippen molar-refractivity contribution in [3.05, 3.63) is 97.5 Å². The molecule has 2 aliphatic heterocycles. The number of para-hydroxylation sites is 1. The number of hydrogen-bond donors (Lipinski definition) is 1. The summed E-state index contributed by atoms with van der Waals surface area (Å²) in [7, 11) is 1.74. The summed E-state index contributed by atoms with van der Waals surface area (Å²) in [5.74, 6) is -0.288. The van der Waals surface area contributed by atoms with E-state index in [2.05, 4.69) is 5.32 Å². The molecule has 3 aromatic carbocycles. The summed E-state index contributed by atoms with van der Waals surface area (Å²) in [6.07, 6.45) is 0. The smallest absolute Gasteiger partial charge is 0.256 e. The van der Waals surface area contributed by atoms with E-state index in [0.29, 0.717) is 39.9 Å². The van der Waals surface area contributed by atoms with E-state index in [0.717, 1.165) is 5.56 Å². The fraction of sp³-hybridized carbons (Fsp3) is 0.296. The van der Waals surface area contributed by atoms with Gasteiger partial charge in [-0.15, -0.1) is 0 Å². The van der Waals surface area contributed by atoms with Gasteiger partial charge in [0, 0.05) is 27.7 Å². The van der Waals surface area contributed by atoms with Gasteiger partial charge in [-0.25, -0.2) is 0 Å². The Balaban J connectivity index is 1.53. The summed E-state index contributed by atoms with van der Waals surface area (Å²) in [4.78, 5) is 27.4. The van der Waals surface area contributed by atoms with Gasteiger partial charge < -0.3 is 14.8 Å². The number of nitro groups is 1. The van der Waals surface area contributed by atoms with E-state index in [1.807, 2.05) is 19.1 Å². The highest BCUT2D eigenvalue weighted by molar-refractivity contribution is 6.32. The van der Waals surface area contributed by atoms with Gasteiger partial charge in [0.2, 0.25) is 0 Å². The van der Waals surface area contributed by atoms with E-state index in [1.54, 1.807) is 60.5 Å². The Morgan fingerprint density at radius 1 is 1.14 bits per heavy atom. The van der Waals surface area contributed by atoms with Crippen LogP contribution < -0.4 is 14.8 Å². The highest BCUT2D eigenvalue weighted by atomic mass is 35.5. The fourth-order valence-electron chi connectivity index (χ4n) is 5.52. The van der Waals surface area contributed by atoms with Crippen molar-refractivity contribution in [3.8, 4) is 11.5 Å². The van der Waals surface area contributed by atoms with E-state index in [-0.39, 0.29) is 23.1 Å².